The van der Waals surface area contributed by atoms with Gasteiger partial charge >= 0.3 is 5.97 Å². The summed E-state index contributed by atoms with van der Waals surface area (Å²) in [7, 11) is 0. The molecule has 2 aromatic carbocycles. The van der Waals surface area contributed by atoms with Crippen LogP contribution in [-0.2, 0) is 23.2 Å². The summed E-state index contributed by atoms with van der Waals surface area (Å²) in [6.45, 7) is 9.01. The topological polar surface area (TPSA) is 46.5 Å². The van der Waals surface area contributed by atoms with Gasteiger partial charge in [-0.2, -0.15) is 0 Å². The summed E-state index contributed by atoms with van der Waals surface area (Å²) in [5, 5.41) is 9.98. The number of fused-ring (bicyclic) bond motifs is 3. The Morgan fingerprint density at radius 1 is 1.10 bits per heavy atom. The average Bonchev–Trinajstić information content (AvgIpc) is 2.65. The second-order valence-electron chi connectivity index (χ2n) is 9.69. The monoisotopic (exact) mass is 392 g/mol. The predicted octanol–water partition coefficient (Wildman–Crippen LogP) is 5.98. The van der Waals surface area contributed by atoms with Crippen LogP contribution in [0.15, 0.2) is 36.4 Å². The smallest absolute Gasteiger partial charge is 0.309 e. The standard InChI is InChI=1S/C26H32O3/c1-17-12-18(2)14-19(13-17)16-29-21-8-6-20-7-9-23-25(3,22(20)15-21)10-5-11-26(23,4)24(27)28/h6,8,12-15,23H,5,7,9-11,16H2,1-4H3,(H,27,28)/t23-,25-,26+/m1/s1. The summed E-state index contributed by atoms with van der Waals surface area (Å²) >= 11 is 0. The normalized spacial score (nSPS) is 28.3. The fourth-order valence-corrected chi connectivity index (χ4v) is 6.10. The largest absolute Gasteiger partial charge is 0.489 e. The lowest BCUT2D eigenvalue weighted by atomic mass is 9.50. The van der Waals surface area contributed by atoms with E-state index in [0.29, 0.717) is 6.61 Å². The van der Waals surface area contributed by atoms with Gasteiger partial charge < -0.3 is 9.84 Å². The molecule has 0 unspecified atom stereocenters. The van der Waals surface area contributed by atoms with Gasteiger partial charge in [-0.15, -0.1) is 0 Å². The van der Waals surface area contributed by atoms with Gasteiger partial charge in [-0.1, -0.05) is 48.7 Å². The van der Waals surface area contributed by atoms with E-state index in [2.05, 4.69) is 57.2 Å². The molecule has 2 aliphatic rings. The number of rotatable bonds is 4. The maximum atomic E-state index is 12.1. The zero-order chi connectivity index (χ0) is 20.8. The molecule has 0 spiro atoms. The second kappa shape index (κ2) is 7.19. The van der Waals surface area contributed by atoms with Crippen LogP contribution in [0, 0.1) is 25.2 Å². The number of carbonyl (C=O) groups is 1. The van der Waals surface area contributed by atoms with Crippen molar-refractivity contribution in [2.75, 3.05) is 0 Å². The van der Waals surface area contributed by atoms with E-state index in [1.165, 1.54) is 27.8 Å². The molecule has 3 heteroatoms. The third kappa shape index (κ3) is 3.45. The van der Waals surface area contributed by atoms with E-state index in [-0.39, 0.29) is 11.3 Å². The van der Waals surface area contributed by atoms with E-state index in [4.69, 9.17) is 4.74 Å². The first kappa shape index (κ1) is 20.0. The van der Waals surface area contributed by atoms with Crippen LogP contribution in [0.3, 0.4) is 0 Å². The van der Waals surface area contributed by atoms with E-state index < -0.39 is 11.4 Å². The molecular weight excluding hydrogens is 360 g/mol. The molecule has 1 fully saturated rings. The lowest BCUT2D eigenvalue weighted by molar-refractivity contribution is -0.157. The minimum atomic E-state index is -0.640. The van der Waals surface area contributed by atoms with Gasteiger partial charge in [0.1, 0.15) is 12.4 Å². The zero-order valence-electron chi connectivity index (χ0n) is 18.0. The van der Waals surface area contributed by atoms with Crippen molar-refractivity contribution in [3.63, 3.8) is 0 Å². The van der Waals surface area contributed by atoms with Crippen molar-refractivity contribution in [1.82, 2.24) is 0 Å². The molecule has 0 aromatic heterocycles. The van der Waals surface area contributed by atoms with Crippen molar-refractivity contribution < 1.29 is 14.6 Å². The summed E-state index contributed by atoms with van der Waals surface area (Å²) in [4.78, 5) is 12.1. The summed E-state index contributed by atoms with van der Waals surface area (Å²) in [5.41, 5.74) is 5.61. The quantitative estimate of drug-likeness (QED) is 0.696. The van der Waals surface area contributed by atoms with E-state index in [1.807, 2.05) is 6.92 Å². The molecule has 154 valence electrons. The number of aryl methyl sites for hydroxylation is 3. The molecule has 29 heavy (non-hydrogen) atoms. The van der Waals surface area contributed by atoms with Gasteiger partial charge in [0.2, 0.25) is 0 Å². The number of hydrogen-bond donors (Lipinski definition) is 1. The Hall–Kier alpha value is -2.29. The van der Waals surface area contributed by atoms with E-state index >= 15 is 0 Å². The molecule has 0 bridgehead atoms. The van der Waals surface area contributed by atoms with Crippen LogP contribution in [0.1, 0.15) is 67.3 Å². The Morgan fingerprint density at radius 3 is 2.52 bits per heavy atom. The number of benzene rings is 2. The van der Waals surface area contributed by atoms with Gasteiger partial charge in [0.25, 0.3) is 0 Å². The molecule has 4 rings (SSSR count). The molecular formula is C26H32O3. The number of carboxylic acids is 1. The maximum Gasteiger partial charge on any atom is 0.309 e. The van der Waals surface area contributed by atoms with Gasteiger partial charge in [0.15, 0.2) is 0 Å². The first-order valence-corrected chi connectivity index (χ1v) is 10.8. The SMILES string of the molecule is Cc1cc(C)cc(COc2ccc3c(c2)[C@@]2(C)CCC[C@](C)(C(=O)O)[C@@H]2CC3)c1. The molecule has 0 aliphatic heterocycles. The second-order valence-corrected chi connectivity index (χ2v) is 9.69. The fraction of sp³-hybridized carbons (Fsp3) is 0.500. The summed E-state index contributed by atoms with van der Waals surface area (Å²) < 4.78 is 6.18. The highest BCUT2D eigenvalue weighted by atomic mass is 16.5. The lowest BCUT2D eigenvalue weighted by Crippen LogP contribution is -2.52. The number of aliphatic carboxylic acids is 1. The Kier molecular flexibility index (Phi) is 4.96. The molecule has 0 saturated heterocycles. The van der Waals surface area contributed by atoms with Crippen molar-refractivity contribution in [2.45, 2.75) is 71.8 Å². The summed E-state index contributed by atoms with van der Waals surface area (Å²) in [5.74, 6) is 0.412. The van der Waals surface area contributed by atoms with Crippen molar-refractivity contribution in [2.24, 2.45) is 11.3 Å². The highest BCUT2D eigenvalue weighted by Crippen LogP contribution is 2.57. The average molecular weight is 393 g/mol. The van der Waals surface area contributed by atoms with Crippen LogP contribution in [0.5, 0.6) is 5.75 Å². The molecule has 0 heterocycles. The number of hydrogen-bond acceptors (Lipinski definition) is 2. The highest BCUT2D eigenvalue weighted by Gasteiger charge is 2.55. The van der Waals surface area contributed by atoms with Crippen LogP contribution in [0.2, 0.25) is 0 Å². The minimum absolute atomic E-state index is 0.0989. The van der Waals surface area contributed by atoms with Crippen LogP contribution in [0.4, 0.5) is 0 Å². The Morgan fingerprint density at radius 2 is 1.83 bits per heavy atom. The van der Waals surface area contributed by atoms with Crippen molar-refractivity contribution in [3.05, 3.63) is 64.2 Å². The highest BCUT2D eigenvalue weighted by molar-refractivity contribution is 5.75. The molecule has 1 N–H and O–H groups in total. The van der Waals surface area contributed by atoms with Crippen molar-refractivity contribution in [3.8, 4) is 5.75 Å². The lowest BCUT2D eigenvalue weighted by Gasteiger charge is -2.53. The van der Waals surface area contributed by atoms with E-state index in [0.717, 1.165) is 37.9 Å². The molecule has 0 radical (unpaired) electrons. The molecule has 2 aromatic rings. The van der Waals surface area contributed by atoms with Crippen LogP contribution >= 0.6 is 0 Å². The maximum absolute atomic E-state index is 12.1. The van der Waals surface area contributed by atoms with Gasteiger partial charge in [-0.3, -0.25) is 4.79 Å². The number of carboxylic acid groups (broad SMARTS) is 1. The Balaban J connectivity index is 1.63. The minimum Gasteiger partial charge on any atom is -0.489 e. The van der Waals surface area contributed by atoms with Crippen molar-refractivity contribution in [1.29, 1.82) is 0 Å². The summed E-state index contributed by atoms with van der Waals surface area (Å²) in [6.07, 6.45) is 4.70. The third-order valence-electron chi connectivity index (χ3n) is 7.50. The molecule has 3 atom stereocenters. The Bertz CT molecular complexity index is 927. The van der Waals surface area contributed by atoms with Gasteiger partial charge in [0.05, 0.1) is 5.41 Å². The van der Waals surface area contributed by atoms with Gasteiger partial charge in [0, 0.05) is 0 Å². The predicted molar refractivity (Wildman–Crippen MR) is 115 cm³/mol. The van der Waals surface area contributed by atoms with E-state index in [9.17, 15) is 9.90 Å². The zero-order valence-corrected chi connectivity index (χ0v) is 18.0. The van der Waals surface area contributed by atoms with Crippen molar-refractivity contribution >= 4 is 5.97 Å². The molecule has 3 nitrogen and oxygen atoms in total. The molecule has 0 amide bonds. The molecule has 1 saturated carbocycles. The van der Waals surface area contributed by atoms with Crippen LogP contribution in [0.25, 0.3) is 0 Å². The first-order valence-electron chi connectivity index (χ1n) is 10.8. The van der Waals surface area contributed by atoms with Crippen LogP contribution < -0.4 is 4.74 Å². The fourth-order valence-electron chi connectivity index (χ4n) is 6.10. The molecule has 2 aliphatic carbocycles. The van der Waals surface area contributed by atoms with Crippen LogP contribution in [-0.4, -0.2) is 11.1 Å². The van der Waals surface area contributed by atoms with Gasteiger partial charge in [-0.05, 0) is 86.6 Å². The van der Waals surface area contributed by atoms with Gasteiger partial charge in [-0.25, -0.2) is 0 Å². The third-order valence-corrected chi connectivity index (χ3v) is 7.50. The van der Waals surface area contributed by atoms with E-state index in [1.54, 1.807) is 0 Å². The first-order chi connectivity index (χ1) is 13.7. The number of ether oxygens (including phenoxy) is 1. The Labute approximate surface area is 174 Å². The summed E-state index contributed by atoms with van der Waals surface area (Å²) in [6, 6.07) is 13.0.